The molecule has 0 unspecified atom stereocenters. The summed E-state index contributed by atoms with van der Waals surface area (Å²) in [5.74, 6) is 0. The normalized spacial score (nSPS) is 18.1. The van der Waals surface area contributed by atoms with Gasteiger partial charge in [-0.05, 0) is 42.5 Å². The van der Waals surface area contributed by atoms with E-state index in [1.54, 1.807) is 0 Å². The molecule has 1 aliphatic carbocycles. The Morgan fingerprint density at radius 2 is 1.75 bits per heavy atom. The van der Waals surface area contributed by atoms with Gasteiger partial charge in [-0.1, -0.05) is 41.6 Å². The Bertz CT molecular complexity index is 453. The van der Waals surface area contributed by atoms with Crippen LogP contribution in [0.1, 0.15) is 44.1 Å². The van der Waals surface area contributed by atoms with Gasteiger partial charge in [0.05, 0.1) is 11.6 Å². The zero-order valence-electron chi connectivity index (χ0n) is 12.2. The molecule has 0 saturated heterocycles. The second kappa shape index (κ2) is 7.13. The molecule has 0 bridgehead atoms. The van der Waals surface area contributed by atoms with Crippen molar-refractivity contribution in [1.29, 1.82) is 5.26 Å². The molecule has 20 heavy (non-hydrogen) atoms. The van der Waals surface area contributed by atoms with Crippen molar-refractivity contribution in [1.82, 2.24) is 0 Å². The van der Waals surface area contributed by atoms with Crippen LogP contribution in [-0.4, -0.2) is 18.9 Å². The molecule has 0 aliphatic heterocycles. The van der Waals surface area contributed by atoms with Crippen molar-refractivity contribution in [2.24, 2.45) is 5.41 Å². The average molecular weight is 335 g/mol. The van der Waals surface area contributed by atoms with Gasteiger partial charge in [0, 0.05) is 24.6 Å². The van der Waals surface area contributed by atoms with Gasteiger partial charge in [0.25, 0.3) is 0 Å². The molecule has 2 rings (SSSR count). The van der Waals surface area contributed by atoms with Crippen LogP contribution >= 0.6 is 15.9 Å². The van der Waals surface area contributed by atoms with E-state index >= 15 is 0 Å². The number of nitriles is 1. The van der Waals surface area contributed by atoms with E-state index in [1.807, 2.05) is 12.1 Å². The minimum Gasteiger partial charge on any atom is -0.374 e. The van der Waals surface area contributed by atoms with Crippen molar-refractivity contribution in [3.05, 3.63) is 29.8 Å². The molecular formula is C17H23BrN2. The van der Waals surface area contributed by atoms with Crippen molar-refractivity contribution in [2.45, 2.75) is 38.5 Å². The van der Waals surface area contributed by atoms with Gasteiger partial charge in [0.2, 0.25) is 0 Å². The summed E-state index contributed by atoms with van der Waals surface area (Å²) in [7, 11) is 2.16. The topological polar surface area (TPSA) is 27.0 Å². The molecule has 1 aliphatic rings. The number of anilines is 1. The van der Waals surface area contributed by atoms with Crippen LogP contribution in [0.5, 0.6) is 0 Å². The largest absolute Gasteiger partial charge is 0.374 e. The van der Waals surface area contributed by atoms with Crippen LogP contribution < -0.4 is 4.90 Å². The smallest absolute Gasteiger partial charge is 0.0991 e. The molecule has 0 atom stereocenters. The Morgan fingerprint density at radius 1 is 1.15 bits per heavy atom. The van der Waals surface area contributed by atoms with Crippen LogP contribution in [0.15, 0.2) is 24.3 Å². The number of rotatable bonds is 4. The lowest BCUT2D eigenvalue weighted by Gasteiger charge is -2.36. The lowest BCUT2D eigenvalue weighted by molar-refractivity contribution is 0.295. The molecular weight excluding hydrogens is 312 g/mol. The number of halogens is 1. The van der Waals surface area contributed by atoms with Crippen molar-refractivity contribution < 1.29 is 0 Å². The van der Waals surface area contributed by atoms with Crippen LogP contribution in [0.3, 0.4) is 0 Å². The fourth-order valence-electron chi connectivity index (χ4n) is 3.20. The SMILES string of the molecule is CN(CC1(CBr)CCCCCC1)c1ccc(C#N)cc1. The van der Waals surface area contributed by atoms with E-state index in [-0.39, 0.29) is 0 Å². The quantitative estimate of drug-likeness (QED) is 0.587. The highest BCUT2D eigenvalue weighted by Gasteiger charge is 2.31. The van der Waals surface area contributed by atoms with Crippen molar-refractivity contribution in [2.75, 3.05) is 23.8 Å². The molecule has 0 amide bonds. The third kappa shape index (κ3) is 3.76. The van der Waals surface area contributed by atoms with Gasteiger partial charge in [-0.2, -0.15) is 5.26 Å². The Morgan fingerprint density at radius 3 is 2.25 bits per heavy atom. The average Bonchev–Trinajstić information content (AvgIpc) is 2.73. The zero-order chi connectivity index (χ0) is 14.4. The van der Waals surface area contributed by atoms with Gasteiger partial charge in [-0.25, -0.2) is 0 Å². The third-order valence-electron chi connectivity index (χ3n) is 4.46. The van der Waals surface area contributed by atoms with E-state index in [0.717, 1.165) is 17.4 Å². The summed E-state index contributed by atoms with van der Waals surface area (Å²) in [6.07, 6.45) is 8.11. The van der Waals surface area contributed by atoms with Gasteiger partial charge in [0.15, 0.2) is 0 Å². The molecule has 108 valence electrons. The van der Waals surface area contributed by atoms with E-state index in [9.17, 15) is 0 Å². The lowest BCUT2D eigenvalue weighted by Crippen LogP contribution is -2.36. The summed E-state index contributed by atoms with van der Waals surface area (Å²) in [5.41, 5.74) is 2.33. The molecule has 1 saturated carbocycles. The van der Waals surface area contributed by atoms with E-state index in [2.05, 4.69) is 46.1 Å². The lowest BCUT2D eigenvalue weighted by atomic mass is 9.82. The van der Waals surface area contributed by atoms with Crippen LogP contribution in [0.4, 0.5) is 5.69 Å². The summed E-state index contributed by atoms with van der Waals surface area (Å²) >= 11 is 3.76. The van der Waals surface area contributed by atoms with Gasteiger partial charge in [0.1, 0.15) is 0 Å². The molecule has 0 spiro atoms. The second-order valence-corrected chi connectivity index (χ2v) is 6.62. The first kappa shape index (κ1) is 15.4. The van der Waals surface area contributed by atoms with E-state index in [4.69, 9.17) is 5.26 Å². The Kier molecular flexibility index (Phi) is 5.48. The first-order valence-electron chi connectivity index (χ1n) is 7.46. The molecule has 1 aromatic rings. The Balaban J connectivity index is 2.07. The maximum atomic E-state index is 8.87. The first-order valence-corrected chi connectivity index (χ1v) is 8.58. The van der Waals surface area contributed by atoms with Crippen molar-refractivity contribution in [3.63, 3.8) is 0 Å². The molecule has 3 heteroatoms. The summed E-state index contributed by atoms with van der Waals surface area (Å²) in [4.78, 5) is 2.34. The van der Waals surface area contributed by atoms with Gasteiger partial charge in [-0.15, -0.1) is 0 Å². The highest BCUT2D eigenvalue weighted by Crippen LogP contribution is 2.38. The van der Waals surface area contributed by atoms with Gasteiger partial charge >= 0.3 is 0 Å². The number of alkyl halides is 1. The fourth-order valence-corrected chi connectivity index (χ4v) is 3.94. The third-order valence-corrected chi connectivity index (χ3v) is 5.65. The fraction of sp³-hybridized carbons (Fsp3) is 0.588. The van der Waals surface area contributed by atoms with Crippen LogP contribution in [0.2, 0.25) is 0 Å². The minimum atomic E-state index is 0.402. The number of nitrogens with zero attached hydrogens (tertiary/aromatic N) is 2. The Labute approximate surface area is 130 Å². The number of hydrogen-bond acceptors (Lipinski definition) is 2. The summed E-state index contributed by atoms with van der Waals surface area (Å²) in [5, 5.41) is 9.95. The second-order valence-electron chi connectivity index (χ2n) is 6.06. The molecule has 1 fully saturated rings. The standard InChI is InChI=1S/C17H23BrN2/c1-20(16-8-6-15(12-19)7-9-16)14-17(13-18)10-4-2-3-5-11-17/h6-9H,2-5,10-11,13-14H2,1H3. The number of hydrogen-bond donors (Lipinski definition) is 0. The van der Waals surface area contributed by atoms with E-state index < -0.39 is 0 Å². The number of benzene rings is 1. The van der Waals surface area contributed by atoms with Crippen LogP contribution in [0, 0.1) is 16.7 Å². The monoisotopic (exact) mass is 334 g/mol. The molecule has 0 heterocycles. The highest BCUT2D eigenvalue weighted by molar-refractivity contribution is 9.09. The van der Waals surface area contributed by atoms with Crippen molar-refractivity contribution >= 4 is 21.6 Å². The van der Waals surface area contributed by atoms with Crippen molar-refractivity contribution in [3.8, 4) is 6.07 Å². The Hall–Kier alpha value is -1.01. The highest BCUT2D eigenvalue weighted by atomic mass is 79.9. The van der Waals surface area contributed by atoms with Gasteiger partial charge in [-0.3, -0.25) is 0 Å². The molecule has 0 aromatic heterocycles. The predicted octanol–water partition coefficient (Wildman–Crippen LogP) is 4.73. The van der Waals surface area contributed by atoms with E-state index in [1.165, 1.54) is 44.2 Å². The van der Waals surface area contributed by atoms with Gasteiger partial charge < -0.3 is 4.90 Å². The van der Waals surface area contributed by atoms with Crippen LogP contribution in [0.25, 0.3) is 0 Å². The molecule has 1 aromatic carbocycles. The maximum Gasteiger partial charge on any atom is 0.0991 e. The minimum absolute atomic E-state index is 0.402. The summed E-state index contributed by atoms with van der Waals surface area (Å²) in [6.45, 7) is 1.09. The summed E-state index contributed by atoms with van der Waals surface area (Å²) in [6, 6.07) is 10.1. The predicted molar refractivity (Wildman–Crippen MR) is 88.4 cm³/mol. The molecule has 0 N–H and O–H groups in total. The maximum absolute atomic E-state index is 8.87. The zero-order valence-corrected chi connectivity index (χ0v) is 13.8. The summed E-state index contributed by atoms with van der Waals surface area (Å²) < 4.78 is 0. The molecule has 0 radical (unpaired) electrons. The molecule has 2 nitrogen and oxygen atoms in total. The first-order chi connectivity index (χ1) is 9.69. The van der Waals surface area contributed by atoms with Crippen LogP contribution in [-0.2, 0) is 0 Å². The van der Waals surface area contributed by atoms with E-state index in [0.29, 0.717) is 5.41 Å².